The maximum atomic E-state index is 12.7. The Labute approximate surface area is 159 Å². The summed E-state index contributed by atoms with van der Waals surface area (Å²) in [6, 6.07) is 9.68. The fraction of sp³-hybridized carbons (Fsp3) is 0.200. The van der Waals surface area contributed by atoms with E-state index < -0.39 is 30.2 Å². The monoisotopic (exact) mass is 393 g/mol. The lowest BCUT2D eigenvalue weighted by Gasteiger charge is -2.11. The number of esters is 1. The third-order valence-corrected chi connectivity index (χ3v) is 3.60. The van der Waals surface area contributed by atoms with E-state index in [-0.39, 0.29) is 5.56 Å². The SMILES string of the molecule is COc1ccc(C)cc1NC(=O)COC(=O)C=Cc1cccc(C(F)(F)F)c1. The number of methoxy groups -OCH3 is 1. The third-order valence-electron chi connectivity index (χ3n) is 3.60. The topological polar surface area (TPSA) is 64.6 Å². The molecule has 0 heterocycles. The zero-order valence-electron chi connectivity index (χ0n) is 15.2. The van der Waals surface area contributed by atoms with Gasteiger partial charge < -0.3 is 14.8 Å². The molecule has 0 radical (unpaired) electrons. The van der Waals surface area contributed by atoms with E-state index in [9.17, 15) is 22.8 Å². The van der Waals surface area contributed by atoms with Crippen LogP contribution < -0.4 is 10.1 Å². The molecule has 0 saturated heterocycles. The molecule has 2 aromatic carbocycles. The standard InChI is InChI=1S/C20H18F3NO4/c1-13-6-8-17(27-2)16(10-13)24-18(25)12-28-19(26)9-7-14-4-3-5-15(11-14)20(21,22)23/h3-11H,12H2,1-2H3,(H,24,25). The summed E-state index contributed by atoms with van der Waals surface area (Å²) in [5.74, 6) is -0.983. The highest BCUT2D eigenvalue weighted by atomic mass is 19.4. The number of aryl methyl sites for hydroxylation is 1. The van der Waals surface area contributed by atoms with Gasteiger partial charge in [0.05, 0.1) is 18.4 Å². The molecule has 1 amide bonds. The zero-order chi connectivity index (χ0) is 20.7. The lowest BCUT2D eigenvalue weighted by Crippen LogP contribution is -2.20. The summed E-state index contributed by atoms with van der Waals surface area (Å²) in [7, 11) is 1.46. The summed E-state index contributed by atoms with van der Waals surface area (Å²) in [6.45, 7) is 1.29. The van der Waals surface area contributed by atoms with E-state index in [1.165, 1.54) is 25.3 Å². The minimum atomic E-state index is -4.47. The van der Waals surface area contributed by atoms with Crippen LogP contribution in [0.5, 0.6) is 5.75 Å². The van der Waals surface area contributed by atoms with E-state index in [4.69, 9.17) is 9.47 Å². The number of alkyl halides is 3. The summed E-state index contributed by atoms with van der Waals surface area (Å²) >= 11 is 0. The molecule has 2 rings (SSSR count). The molecule has 0 saturated carbocycles. The maximum Gasteiger partial charge on any atom is 0.416 e. The van der Waals surface area contributed by atoms with Gasteiger partial charge in [-0.1, -0.05) is 18.2 Å². The van der Waals surface area contributed by atoms with Crippen LogP contribution in [0.1, 0.15) is 16.7 Å². The molecule has 0 bridgehead atoms. The van der Waals surface area contributed by atoms with E-state index >= 15 is 0 Å². The molecule has 0 aliphatic heterocycles. The second-order valence-electron chi connectivity index (χ2n) is 5.82. The Hall–Kier alpha value is -3.29. The number of nitrogens with one attached hydrogen (secondary N) is 1. The Morgan fingerprint density at radius 3 is 2.57 bits per heavy atom. The van der Waals surface area contributed by atoms with E-state index in [2.05, 4.69) is 5.32 Å². The van der Waals surface area contributed by atoms with Gasteiger partial charge in [-0.15, -0.1) is 0 Å². The molecule has 0 aliphatic carbocycles. The second-order valence-corrected chi connectivity index (χ2v) is 5.82. The first-order chi connectivity index (χ1) is 13.2. The molecule has 2 aromatic rings. The minimum Gasteiger partial charge on any atom is -0.495 e. The molecular formula is C20H18F3NO4. The number of hydrogen-bond acceptors (Lipinski definition) is 4. The number of carbonyl (C=O) groups excluding carboxylic acids is 2. The number of rotatable bonds is 6. The number of halogens is 3. The maximum absolute atomic E-state index is 12.7. The van der Waals surface area contributed by atoms with Crippen LogP contribution in [-0.2, 0) is 20.5 Å². The summed E-state index contributed by atoms with van der Waals surface area (Å²) in [4.78, 5) is 23.6. The van der Waals surface area contributed by atoms with Crippen LogP contribution in [0.15, 0.2) is 48.5 Å². The van der Waals surface area contributed by atoms with E-state index in [1.807, 2.05) is 13.0 Å². The molecule has 0 atom stereocenters. The molecule has 5 nitrogen and oxygen atoms in total. The fourth-order valence-corrected chi connectivity index (χ4v) is 2.27. The summed E-state index contributed by atoms with van der Waals surface area (Å²) < 4.78 is 47.9. The molecule has 148 valence electrons. The first-order valence-electron chi connectivity index (χ1n) is 8.15. The van der Waals surface area contributed by atoms with Gasteiger partial charge in [-0.25, -0.2) is 4.79 Å². The Morgan fingerprint density at radius 2 is 1.89 bits per heavy atom. The van der Waals surface area contributed by atoms with Crippen molar-refractivity contribution in [2.75, 3.05) is 19.0 Å². The Balaban J connectivity index is 1.91. The van der Waals surface area contributed by atoms with Gasteiger partial charge in [0, 0.05) is 6.08 Å². The average molecular weight is 393 g/mol. The van der Waals surface area contributed by atoms with Gasteiger partial charge in [-0.05, 0) is 48.4 Å². The van der Waals surface area contributed by atoms with Crippen LogP contribution in [-0.4, -0.2) is 25.6 Å². The Morgan fingerprint density at radius 1 is 1.14 bits per heavy atom. The molecule has 0 fully saturated rings. The first-order valence-corrected chi connectivity index (χ1v) is 8.15. The highest BCUT2D eigenvalue weighted by Gasteiger charge is 2.30. The first kappa shape index (κ1) is 21.0. The summed E-state index contributed by atoms with van der Waals surface area (Å²) in [5, 5.41) is 2.57. The molecule has 8 heteroatoms. The number of carbonyl (C=O) groups is 2. The quantitative estimate of drug-likeness (QED) is 0.590. The van der Waals surface area contributed by atoms with Gasteiger partial charge in [0.15, 0.2) is 6.61 Å². The van der Waals surface area contributed by atoms with Gasteiger partial charge in [0.1, 0.15) is 5.75 Å². The van der Waals surface area contributed by atoms with Crippen LogP contribution in [0.3, 0.4) is 0 Å². The van der Waals surface area contributed by atoms with Crippen molar-refractivity contribution in [2.24, 2.45) is 0 Å². The molecule has 0 aliphatic rings. The van der Waals surface area contributed by atoms with Gasteiger partial charge in [0.25, 0.3) is 5.91 Å². The number of amides is 1. The highest BCUT2D eigenvalue weighted by molar-refractivity contribution is 5.95. The summed E-state index contributed by atoms with van der Waals surface area (Å²) in [6.07, 6.45) is -2.34. The Bertz CT molecular complexity index is 891. The molecule has 0 spiro atoms. The predicted octanol–water partition coefficient (Wildman–Crippen LogP) is 4.22. The van der Waals surface area contributed by atoms with Gasteiger partial charge in [-0.3, -0.25) is 4.79 Å². The van der Waals surface area contributed by atoms with Crippen LogP contribution in [0, 0.1) is 6.92 Å². The molecule has 28 heavy (non-hydrogen) atoms. The third kappa shape index (κ3) is 6.15. The van der Waals surface area contributed by atoms with Crippen molar-refractivity contribution in [1.82, 2.24) is 0 Å². The highest BCUT2D eigenvalue weighted by Crippen LogP contribution is 2.29. The van der Waals surface area contributed by atoms with Crippen molar-refractivity contribution >= 4 is 23.6 Å². The van der Waals surface area contributed by atoms with Crippen molar-refractivity contribution < 1.29 is 32.2 Å². The lowest BCUT2D eigenvalue weighted by molar-refractivity contribution is -0.142. The Kier molecular flexibility index (Phi) is 6.81. The van der Waals surface area contributed by atoms with E-state index in [1.54, 1.807) is 12.1 Å². The van der Waals surface area contributed by atoms with Gasteiger partial charge in [-0.2, -0.15) is 13.2 Å². The van der Waals surface area contributed by atoms with Crippen molar-refractivity contribution in [1.29, 1.82) is 0 Å². The van der Waals surface area contributed by atoms with Crippen LogP contribution in [0.4, 0.5) is 18.9 Å². The predicted molar refractivity (Wildman–Crippen MR) is 97.8 cm³/mol. The van der Waals surface area contributed by atoms with Crippen molar-refractivity contribution in [2.45, 2.75) is 13.1 Å². The number of ether oxygens (including phenoxy) is 2. The molecule has 1 N–H and O–H groups in total. The van der Waals surface area contributed by atoms with Crippen LogP contribution in [0.2, 0.25) is 0 Å². The van der Waals surface area contributed by atoms with Crippen molar-refractivity contribution in [3.05, 3.63) is 65.2 Å². The van der Waals surface area contributed by atoms with E-state index in [0.29, 0.717) is 11.4 Å². The summed E-state index contributed by atoms with van der Waals surface area (Å²) in [5.41, 5.74) is 0.690. The molecular weight excluding hydrogens is 375 g/mol. The van der Waals surface area contributed by atoms with Crippen LogP contribution in [0.25, 0.3) is 6.08 Å². The minimum absolute atomic E-state index is 0.181. The number of anilines is 1. The zero-order valence-corrected chi connectivity index (χ0v) is 15.2. The number of benzene rings is 2. The smallest absolute Gasteiger partial charge is 0.416 e. The van der Waals surface area contributed by atoms with E-state index in [0.717, 1.165) is 23.8 Å². The van der Waals surface area contributed by atoms with Gasteiger partial charge >= 0.3 is 12.1 Å². The normalized spacial score (nSPS) is 11.3. The second kappa shape index (κ2) is 9.07. The largest absolute Gasteiger partial charge is 0.495 e. The fourth-order valence-electron chi connectivity index (χ4n) is 2.27. The van der Waals surface area contributed by atoms with Crippen molar-refractivity contribution in [3.8, 4) is 5.75 Å². The number of hydrogen-bond donors (Lipinski definition) is 1. The lowest BCUT2D eigenvalue weighted by atomic mass is 10.1. The van der Waals surface area contributed by atoms with Gasteiger partial charge in [0.2, 0.25) is 0 Å². The average Bonchev–Trinajstić information content (AvgIpc) is 2.64. The van der Waals surface area contributed by atoms with Crippen molar-refractivity contribution in [3.63, 3.8) is 0 Å². The molecule has 0 unspecified atom stereocenters. The molecule has 0 aromatic heterocycles. The van der Waals surface area contributed by atoms with Crippen LogP contribution >= 0.6 is 0 Å².